The molecule has 0 bridgehead atoms. The topological polar surface area (TPSA) is 0 Å². The van der Waals surface area contributed by atoms with Crippen molar-refractivity contribution in [2.45, 2.75) is 59.7 Å². The monoisotopic (exact) mass is 1010 g/mol. The second-order valence-corrected chi connectivity index (χ2v) is 29.2. The summed E-state index contributed by atoms with van der Waals surface area (Å²) in [5.41, 5.74) is 23.2. The van der Waals surface area contributed by atoms with Crippen molar-refractivity contribution in [2.24, 2.45) is 0 Å². The molecule has 8 aromatic rings. The fraction of sp³-hybridized carbons (Fsp3) is 0.161. The van der Waals surface area contributed by atoms with E-state index >= 15 is 0 Å². The van der Waals surface area contributed by atoms with Crippen LogP contribution in [0.5, 0.6) is 0 Å². The number of hydrogen-bond acceptors (Lipinski definition) is 0. The molecule has 2 aliphatic carbocycles. The summed E-state index contributed by atoms with van der Waals surface area (Å²) in [5, 5.41) is 3.32. The Labute approximate surface area is 390 Å². The molecular formula is C62H55HfSi. The molecule has 8 aromatic carbocycles. The fourth-order valence-electron chi connectivity index (χ4n) is 11.3. The molecule has 2 heteroatoms. The fourth-order valence-corrected chi connectivity index (χ4v) is 30.5. The molecule has 2 atom stereocenters. The standard InChI is InChI=1S/2C25H23.C12H9Si.Hf/c2*1-2-3-10-20-13-7-8-15-23(20)24-16-9-14-21-17-22(18-25(21)24)19-11-5-4-6-12-19;1-3-7-11-9(5-1)10-6-2-4-8-12(10)13-11;/h2*4-9,11-18H,2-3,10H2,1H3;1-7H,13H2;. The molecule has 0 saturated carbocycles. The predicted octanol–water partition coefficient (Wildman–Crippen LogP) is 13.6. The van der Waals surface area contributed by atoms with Crippen molar-refractivity contribution in [3.63, 3.8) is 0 Å². The molecule has 3 aliphatic rings. The van der Waals surface area contributed by atoms with Crippen LogP contribution in [0.3, 0.4) is 0 Å². The molecule has 0 amide bonds. The van der Waals surface area contributed by atoms with Gasteiger partial charge in [0.2, 0.25) is 0 Å². The summed E-state index contributed by atoms with van der Waals surface area (Å²) >= 11 is -3.43. The summed E-state index contributed by atoms with van der Waals surface area (Å²) in [6.07, 6.45) is 12.3. The van der Waals surface area contributed by atoms with E-state index in [1.807, 2.05) is 0 Å². The Hall–Kier alpha value is -5.67. The van der Waals surface area contributed by atoms with Gasteiger partial charge in [-0.05, 0) is 0 Å². The van der Waals surface area contributed by atoms with Crippen molar-refractivity contribution in [1.29, 1.82) is 0 Å². The first-order valence-corrected chi connectivity index (χ1v) is 31.1. The molecule has 0 N–H and O–H groups in total. The zero-order chi connectivity index (χ0) is 43.0. The summed E-state index contributed by atoms with van der Waals surface area (Å²) in [4.78, 5) is 0. The molecule has 0 spiro atoms. The van der Waals surface area contributed by atoms with Crippen LogP contribution in [0.25, 0.3) is 56.7 Å². The predicted molar refractivity (Wildman–Crippen MR) is 274 cm³/mol. The molecule has 0 radical (unpaired) electrons. The third kappa shape index (κ3) is 7.33. The van der Waals surface area contributed by atoms with Gasteiger partial charge in [-0.25, -0.2) is 0 Å². The van der Waals surface area contributed by atoms with Gasteiger partial charge in [-0.2, -0.15) is 0 Å². The average Bonchev–Trinajstić information content (AvgIpc) is 4.06. The van der Waals surface area contributed by atoms with Crippen molar-refractivity contribution in [3.8, 4) is 33.4 Å². The maximum atomic E-state index is 2.66. The Kier molecular flexibility index (Phi) is 11.6. The van der Waals surface area contributed by atoms with E-state index in [0.717, 1.165) is 12.8 Å². The van der Waals surface area contributed by atoms with E-state index in [9.17, 15) is 0 Å². The number of aryl methyl sites for hydroxylation is 2. The van der Waals surface area contributed by atoms with Gasteiger partial charge in [-0.1, -0.05) is 0 Å². The summed E-state index contributed by atoms with van der Waals surface area (Å²) in [5.74, 6) is 0. The quantitative estimate of drug-likeness (QED) is 0.101. The average molecular weight is 1010 g/mol. The Morgan fingerprint density at radius 3 is 1.38 bits per heavy atom. The van der Waals surface area contributed by atoms with Crippen LogP contribution in [0, 0.1) is 0 Å². The van der Waals surface area contributed by atoms with Crippen LogP contribution in [0.4, 0.5) is 0 Å². The van der Waals surface area contributed by atoms with E-state index in [4.69, 9.17) is 0 Å². The summed E-state index contributed by atoms with van der Waals surface area (Å²) in [7, 11) is -0.709. The van der Waals surface area contributed by atoms with Gasteiger partial charge in [0, 0.05) is 0 Å². The third-order valence-electron chi connectivity index (χ3n) is 14.3. The van der Waals surface area contributed by atoms with Crippen molar-refractivity contribution < 1.29 is 21.4 Å². The van der Waals surface area contributed by atoms with E-state index < -0.39 is 31.0 Å². The van der Waals surface area contributed by atoms with Crippen LogP contribution in [0.1, 0.15) is 91.4 Å². The van der Waals surface area contributed by atoms with Gasteiger partial charge in [0.15, 0.2) is 0 Å². The van der Waals surface area contributed by atoms with E-state index in [1.54, 1.807) is 24.8 Å². The Morgan fingerprint density at radius 2 is 0.844 bits per heavy atom. The SMILES string of the molecule is CCCCc1ccccc1-c1cccc2c1C=C(c1ccccc1)[CH]2[Hf]([c]1cccc2c1[SiH2]c1ccccc1-2)[CH]1C(c2ccccc2)=Cc2c(-c3ccccc3CCCC)cccc21. The summed E-state index contributed by atoms with van der Waals surface area (Å²) in [6.45, 7) is 4.62. The van der Waals surface area contributed by atoms with Crippen LogP contribution < -0.4 is 13.7 Å². The van der Waals surface area contributed by atoms with Crippen molar-refractivity contribution >= 4 is 46.5 Å². The van der Waals surface area contributed by atoms with E-state index in [1.165, 1.54) is 104 Å². The van der Waals surface area contributed by atoms with E-state index in [2.05, 4.69) is 214 Å². The molecule has 311 valence electrons. The molecule has 2 unspecified atom stereocenters. The van der Waals surface area contributed by atoms with Crippen molar-refractivity contribution in [1.82, 2.24) is 0 Å². The molecule has 0 nitrogen and oxygen atoms in total. The molecule has 1 heterocycles. The second kappa shape index (κ2) is 18.1. The van der Waals surface area contributed by atoms with Crippen LogP contribution in [-0.2, 0) is 34.3 Å². The van der Waals surface area contributed by atoms with Gasteiger partial charge in [-0.15, -0.1) is 0 Å². The first kappa shape index (κ1) is 41.1. The molecule has 0 aromatic heterocycles. The van der Waals surface area contributed by atoms with Gasteiger partial charge >= 0.3 is 394 Å². The zero-order valence-electron chi connectivity index (χ0n) is 37.2. The van der Waals surface area contributed by atoms with Crippen LogP contribution in [-0.4, -0.2) is 9.52 Å². The number of allylic oxidation sites excluding steroid dienone is 2. The second-order valence-electron chi connectivity index (χ2n) is 18.1. The first-order valence-electron chi connectivity index (χ1n) is 23.8. The normalized spacial score (nSPS) is 15.9. The van der Waals surface area contributed by atoms with Gasteiger partial charge in [-0.3, -0.25) is 0 Å². The van der Waals surface area contributed by atoms with Gasteiger partial charge in [0.1, 0.15) is 0 Å². The van der Waals surface area contributed by atoms with Crippen LogP contribution in [0.15, 0.2) is 188 Å². The molecule has 64 heavy (non-hydrogen) atoms. The minimum absolute atomic E-state index is 0.318. The molecule has 11 rings (SSSR count). The number of fused-ring (bicyclic) bond motifs is 5. The van der Waals surface area contributed by atoms with Gasteiger partial charge < -0.3 is 0 Å². The maximum absolute atomic E-state index is 3.43. The van der Waals surface area contributed by atoms with Crippen LogP contribution >= 0.6 is 0 Å². The number of unbranched alkanes of at least 4 members (excludes halogenated alkanes) is 2. The van der Waals surface area contributed by atoms with Crippen LogP contribution in [0.2, 0.25) is 0 Å². The number of hydrogen-bond donors (Lipinski definition) is 0. The number of rotatable bonds is 13. The Morgan fingerprint density at radius 1 is 0.406 bits per heavy atom. The third-order valence-corrected chi connectivity index (χ3v) is 30.6. The number of benzene rings is 8. The first-order chi connectivity index (χ1) is 31.7. The van der Waals surface area contributed by atoms with E-state index in [0.29, 0.717) is 7.35 Å². The van der Waals surface area contributed by atoms with Crippen molar-refractivity contribution in [3.05, 3.63) is 233 Å². The van der Waals surface area contributed by atoms with Gasteiger partial charge in [0.25, 0.3) is 0 Å². The zero-order valence-corrected chi connectivity index (χ0v) is 42.2. The van der Waals surface area contributed by atoms with Crippen molar-refractivity contribution in [2.75, 3.05) is 0 Å². The minimum atomic E-state index is -3.43. The molecule has 0 fully saturated rings. The Bertz CT molecular complexity index is 2900. The molecule has 1 aliphatic heterocycles. The molecular weight excluding hydrogens is 951 g/mol. The molecule has 0 saturated heterocycles. The van der Waals surface area contributed by atoms with E-state index in [-0.39, 0.29) is 0 Å². The summed E-state index contributed by atoms with van der Waals surface area (Å²) in [6, 6.07) is 73.0. The summed E-state index contributed by atoms with van der Waals surface area (Å²) < 4.78 is 2.38. The Balaban J connectivity index is 1.20. The van der Waals surface area contributed by atoms with Gasteiger partial charge in [0.05, 0.1) is 0 Å².